The number of benzene rings is 1. The van der Waals surface area contributed by atoms with Crippen LogP contribution in [-0.4, -0.2) is 36.6 Å². The Kier molecular flexibility index (Phi) is 5.90. The van der Waals surface area contributed by atoms with Crippen LogP contribution in [0.25, 0.3) is 0 Å². The van der Waals surface area contributed by atoms with E-state index in [1.54, 1.807) is 0 Å². The molecule has 0 unspecified atom stereocenters. The summed E-state index contributed by atoms with van der Waals surface area (Å²) >= 11 is 0. The van der Waals surface area contributed by atoms with Crippen molar-refractivity contribution in [1.29, 1.82) is 0 Å². The van der Waals surface area contributed by atoms with Gasteiger partial charge in [-0.15, -0.1) is 0 Å². The van der Waals surface area contributed by atoms with E-state index in [4.69, 9.17) is 4.74 Å². The van der Waals surface area contributed by atoms with Crippen LogP contribution in [0.15, 0.2) is 24.3 Å². The van der Waals surface area contributed by atoms with Gasteiger partial charge in [0, 0.05) is 32.8 Å². The third kappa shape index (κ3) is 4.58. The number of amides is 1. The number of rotatable bonds is 5. The quantitative estimate of drug-likeness (QED) is 0.902. The number of carbonyl (C=O) groups excluding carboxylic acids is 1. The van der Waals surface area contributed by atoms with Gasteiger partial charge in [0.15, 0.2) is 0 Å². The highest BCUT2D eigenvalue weighted by atomic mass is 16.5. The van der Waals surface area contributed by atoms with Crippen LogP contribution in [0.1, 0.15) is 44.2 Å². The van der Waals surface area contributed by atoms with Gasteiger partial charge in [-0.2, -0.15) is 0 Å². The lowest BCUT2D eigenvalue weighted by atomic mass is 9.91. The van der Waals surface area contributed by atoms with E-state index in [1.165, 1.54) is 30.6 Å². The van der Waals surface area contributed by atoms with Crippen molar-refractivity contribution in [1.82, 2.24) is 10.2 Å². The molecule has 1 N–H and O–H groups in total. The zero-order valence-electron chi connectivity index (χ0n) is 15.0. The number of piperidine rings is 1. The van der Waals surface area contributed by atoms with Gasteiger partial charge in [-0.3, -0.25) is 9.69 Å². The number of likely N-dealkylation sites (tertiary alicyclic amines) is 1. The third-order valence-corrected chi connectivity index (χ3v) is 5.13. The summed E-state index contributed by atoms with van der Waals surface area (Å²) in [4.78, 5) is 14.7. The van der Waals surface area contributed by atoms with E-state index in [0.29, 0.717) is 13.2 Å². The summed E-state index contributed by atoms with van der Waals surface area (Å²) in [6.45, 7) is 9.29. The van der Waals surface area contributed by atoms with Gasteiger partial charge in [0.2, 0.25) is 5.91 Å². The van der Waals surface area contributed by atoms with Crippen LogP contribution >= 0.6 is 0 Å². The molecular weight excluding hydrogens is 300 g/mol. The standard InChI is InChI=1S/C20H30N2O2/c1-15-10-16(2)13-22(12-15)14-18-7-4-3-6-17(18)11-21-20(23)19-8-5-9-24-19/h3-4,6-7,15-16,19H,5,8-14H2,1-2H3,(H,21,23)/t15-,16+,19-/m1/s1. The minimum Gasteiger partial charge on any atom is -0.368 e. The lowest BCUT2D eigenvalue weighted by molar-refractivity contribution is -0.130. The normalized spacial score (nSPS) is 28.0. The fraction of sp³-hybridized carbons (Fsp3) is 0.650. The van der Waals surface area contributed by atoms with Crippen molar-refractivity contribution < 1.29 is 9.53 Å². The number of hydrogen-bond acceptors (Lipinski definition) is 3. The van der Waals surface area contributed by atoms with Crippen molar-refractivity contribution in [3.05, 3.63) is 35.4 Å². The largest absolute Gasteiger partial charge is 0.368 e. The molecule has 2 fully saturated rings. The second-order valence-electron chi connectivity index (χ2n) is 7.63. The van der Waals surface area contributed by atoms with Crippen LogP contribution in [-0.2, 0) is 22.6 Å². The molecule has 2 aliphatic heterocycles. The minimum atomic E-state index is -0.249. The van der Waals surface area contributed by atoms with E-state index in [0.717, 1.165) is 31.2 Å². The summed E-state index contributed by atoms with van der Waals surface area (Å²) in [5.41, 5.74) is 2.54. The maximum absolute atomic E-state index is 12.2. The van der Waals surface area contributed by atoms with Crippen molar-refractivity contribution in [3.63, 3.8) is 0 Å². The first-order valence-corrected chi connectivity index (χ1v) is 9.30. The molecule has 1 aromatic rings. The molecule has 0 radical (unpaired) electrons. The van der Waals surface area contributed by atoms with Crippen molar-refractivity contribution in [2.45, 2.75) is 52.3 Å². The predicted octanol–water partition coefficient (Wildman–Crippen LogP) is 2.96. The summed E-state index contributed by atoms with van der Waals surface area (Å²) in [5, 5.41) is 3.05. The fourth-order valence-corrected chi connectivity index (χ4v) is 4.13. The van der Waals surface area contributed by atoms with Crippen LogP contribution < -0.4 is 5.32 Å². The van der Waals surface area contributed by atoms with Gasteiger partial charge < -0.3 is 10.1 Å². The highest BCUT2D eigenvalue weighted by Gasteiger charge is 2.24. The molecule has 1 aromatic carbocycles. The van der Waals surface area contributed by atoms with E-state index in [2.05, 4.69) is 48.3 Å². The number of nitrogens with one attached hydrogen (secondary N) is 1. The fourth-order valence-electron chi connectivity index (χ4n) is 4.13. The lowest BCUT2D eigenvalue weighted by Gasteiger charge is -2.35. The molecule has 2 heterocycles. The van der Waals surface area contributed by atoms with Gasteiger partial charge in [0.1, 0.15) is 6.10 Å². The van der Waals surface area contributed by atoms with E-state index < -0.39 is 0 Å². The summed E-state index contributed by atoms with van der Waals surface area (Å²) in [6.07, 6.45) is 2.91. The van der Waals surface area contributed by atoms with Crippen LogP contribution in [0.2, 0.25) is 0 Å². The Balaban J connectivity index is 1.59. The van der Waals surface area contributed by atoms with E-state index >= 15 is 0 Å². The maximum atomic E-state index is 12.2. The van der Waals surface area contributed by atoms with Crippen molar-refractivity contribution in [2.75, 3.05) is 19.7 Å². The van der Waals surface area contributed by atoms with Gasteiger partial charge in [-0.1, -0.05) is 38.1 Å². The number of nitrogens with zero attached hydrogens (tertiary/aromatic N) is 1. The summed E-state index contributed by atoms with van der Waals surface area (Å²) in [5.74, 6) is 1.56. The van der Waals surface area contributed by atoms with Crippen molar-refractivity contribution in [2.24, 2.45) is 11.8 Å². The highest BCUT2D eigenvalue weighted by molar-refractivity contribution is 5.80. The zero-order valence-corrected chi connectivity index (χ0v) is 15.0. The summed E-state index contributed by atoms with van der Waals surface area (Å²) in [7, 11) is 0. The van der Waals surface area contributed by atoms with Crippen LogP contribution in [0.5, 0.6) is 0 Å². The molecule has 2 aliphatic rings. The smallest absolute Gasteiger partial charge is 0.249 e. The van der Waals surface area contributed by atoms with Crippen LogP contribution in [0.3, 0.4) is 0 Å². The average molecular weight is 330 g/mol. The molecule has 0 bridgehead atoms. The lowest BCUT2D eigenvalue weighted by Crippen LogP contribution is -2.38. The molecule has 0 aromatic heterocycles. The maximum Gasteiger partial charge on any atom is 0.249 e. The molecule has 132 valence electrons. The first-order valence-electron chi connectivity index (χ1n) is 9.30. The van der Waals surface area contributed by atoms with Gasteiger partial charge in [-0.25, -0.2) is 0 Å². The van der Waals surface area contributed by atoms with E-state index in [1.807, 2.05) is 0 Å². The summed E-state index contributed by atoms with van der Waals surface area (Å²) < 4.78 is 5.46. The second kappa shape index (κ2) is 8.13. The van der Waals surface area contributed by atoms with E-state index in [9.17, 15) is 4.79 Å². The Hall–Kier alpha value is -1.39. The van der Waals surface area contributed by atoms with Gasteiger partial charge in [-0.05, 0) is 42.2 Å². The Morgan fingerprint density at radius 1 is 1.21 bits per heavy atom. The topological polar surface area (TPSA) is 41.6 Å². The van der Waals surface area contributed by atoms with Crippen molar-refractivity contribution >= 4 is 5.91 Å². The Labute approximate surface area is 145 Å². The molecule has 3 atom stereocenters. The molecule has 0 spiro atoms. The molecule has 24 heavy (non-hydrogen) atoms. The molecular formula is C20H30N2O2. The van der Waals surface area contributed by atoms with Crippen LogP contribution in [0, 0.1) is 11.8 Å². The van der Waals surface area contributed by atoms with Gasteiger partial charge in [0.05, 0.1) is 0 Å². The SMILES string of the molecule is C[C@@H]1C[C@H](C)CN(Cc2ccccc2CNC(=O)[C@H]2CCCO2)C1. The Bertz CT molecular complexity index is 544. The number of ether oxygens (including phenoxy) is 1. The van der Waals surface area contributed by atoms with Crippen molar-refractivity contribution in [3.8, 4) is 0 Å². The molecule has 4 heteroatoms. The zero-order chi connectivity index (χ0) is 16.9. The second-order valence-corrected chi connectivity index (χ2v) is 7.63. The number of hydrogen-bond donors (Lipinski definition) is 1. The first kappa shape index (κ1) is 17.4. The third-order valence-electron chi connectivity index (χ3n) is 5.13. The monoisotopic (exact) mass is 330 g/mol. The van der Waals surface area contributed by atoms with Gasteiger partial charge in [0.25, 0.3) is 0 Å². The predicted molar refractivity (Wildman–Crippen MR) is 95.5 cm³/mol. The molecule has 1 amide bonds. The molecule has 0 saturated carbocycles. The minimum absolute atomic E-state index is 0.0301. The first-order chi connectivity index (χ1) is 11.6. The Morgan fingerprint density at radius 3 is 2.58 bits per heavy atom. The average Bonchev–Trinajstić information content (AvgIpc) is 3.07. The summed E-state index contributed by atoms with van der Waals surface area (Å²) in [6, 6.07) is 8.47. The highest BCUT2D eigenvalue weighted by Crippen LogP contribution is 2.23. The molecule has 2 saturated heterocycles. The molecule has 4 nitrogen and oxygen atoms in total. The molecule has 0 aliphatic carbocycles. The van der Waals surface area contributed by atoms with Gasteiger partial charge >= 0.3 is 0 Å². The van der Waals surface area contributed by atoms with E-state index in [-0.39, 0.29) is 12.0 Å². The number of carbonyl (C=O) groups is 1. The Morgan fingerprint density at radius 2 is 1.92 bits per heavy atom. The van der Waals surface area contributed by atoms with Crippen LogP contribution in [0.4, 0.5) is 0 Å². The molecule has 3 rings (SSSR count).